The summed E-state index contributed by atoms with van der Waals surface area (Å²) in [5.74, 6) is -1.77. The monoisotopic (exact) mass is 278 g/mol. The van der Waals surface area contributed by atoms with Gasteiger partial charge in [-0.15, -0.1) is 0 Å². The third kappa shape index (κ3) is 3.12. The molecule has 0 aliphatic rings. The molecule has 0 saturated carbocycles. The molecule has 0 bridgehead atoms. The lowest BCUT2D eigenvalue weighted by atomic mass is 10.1. The van der Waals surface area contributed by atoms with Gasteiger partial charge in [0.25, 0.3) is 0 Å². The van der Waals surface area contributed by atoms with E-state index in [1.54, 1.807) is 6.92 Å². The third-order valence-corrected chi connectivity index (χ3v) is 2.83. The molecule has 2 rings (SSSR count). The Hall–Kier alpha value is -2.43. The molecule has 0 aromatic heterocycles. The minimum absolute atomic E-state index is 0.0347. The van der Waals surface area contributed by atoms with Crippen LogP contribution in [0, 0.1) is 18.6 Å². The average molecular weight is 278 g/mol. The number of hydrogen-bond acceptors (Lipinski definition) is 2. The highest BCUT2D eigenvalue weighted by molar-refractivity contribution is 5.89. The first-order valence-corrected chi connectivity index (χ1v) is 5.88. The number of carboxylic acids is 1. The Morgan fingerprint density at radius 2 is 1.95 bits per heavy atom. The second kappa shape index (κ2) is 5.69. The van der Waals surface area contributed by atoms with Gasteiger partial charge in [0.15, 0.2) is 0 Å². The van der Waals surface area contributed by atoms with Crippen LogP contribution in [0.1, 0.15) is 21.5 Å². The Labute approximate surface area is 114 Å². The van der Waals surface area contributed by atoms with E-state index >= 15 is 0 Å². The zero-order valence-electron chi connectivity index (χ0n) is 10.7. The molecule has 5 heteroatoms. The largest absolute Gasteiger partial charge is 0.489 e. The summed E-state index contributed by atoms with van der Waals surface area (Å²) >= 11 is 0. The van der Waals surface area contributed by atoms with E-state index in [-0.39, 0.29) is 18.0 Å². The highest BCUT2D eigenvalue weighted by Crippen LogP contribution is 2.19. The lowest BCUT2D eigenvalue weighted by Crippen LogP contribution is -2.06. The Morgan fingerprint density at radius 3 is 2.60 bits per heavy atom. The van der Waals surface area contributed by atoms with Crippen molar-refractivity contribution in [2.24, 2.45) is 0 Å². The fourth-order valence-electron chi connectivity index (χ4n) is 1.74. The number of aryl methyl sites for hydroxylation is 1. The van der Waals surface area contributed by atoms with Gasteiger partial charge in [0, 0.05) is 5.56 Å². The summed E-state index contributed by atoms with van der Waals surface area (Å²) in [6, 6.07) is 7.70. The zero-order valence-corrected chi connectivity index (χ0v) is 10.7. The SMILES string of the molecule is Cc1cc(OCc2ccc(F)cc2C(=O)O)ccc1F. The van der Waals surface area contributed by atoms with Crippen LogP contribution in [0.4, 0.5) is 8.78 Å². The number of benzene rings is 2. The van der Waals surface area contributed by atoms with E-state index in [1.807, 2.05) is 0 Å². The second-order valence-electron chi connectivity index (χ2n) is 4.31. The van der Waals surface area contributed by atoms with Gasteiger partial charge in [-0.1, -0.05) is 6.07 Å². The molecular weight excluding hydrogens is 266 g/mol. The van der Waals surface area contributed by atoms with E-state index < -0.39 is 11.8 Å². The first-order chi connectivity index (χ1) is 9.47. The molecule has 0 aliphatic heterocycles. The summed E-state index contributed by atoms with van der Waals surface area (Å²) in [5, 5.41) is 9.00. The maximum Gasteiger partial charge on any atom is 0.336 e. The first-order valence-electron chi connectivity index (χ1n) is 5.88. The molecule has 0 spiro atoms. The van der Waals surface area contributed by atoms with E-state index in [9.17, 15) is 13.6 Å². The van der Waals surface area contributed by atoms with Gasteiger partial charge in [0.05, 0.1) is 5.56 Å². The Kier molecular flexibility index (Phi) is 3.98. The summed E-state index contributed by atoms with van der Waals surface area (Å²) in [6.45, 7) is 1.57. The van der Waals surface area contributed by atoms with Crippen molar-refractivity contribution in [2.45, 2.75) is 13.5 Å². The molecule has 0 saturated heterocycles. The van der Waals surface area contributed by atoms with Crippen molar-refractivity contribution in [3.8, 4) is 5.75 Å². The fourth-order valence-corrected chi connectivity index (χ4v) is 1.74. The number of halogens is 2. The van der Waals surface area contributed by atoms with Crippen molar-refractivity contribution < 1.29 is 23.4 Å². The van der Waals surface area contributed by atoms with Crippen LogP contribution in [0.15, 0.2) is 36.4 Å². The molecule has 0 atom stereocenters. The van der Waals surface area contributed by atoms with E-state index in [0.717, 1.165) is 6.07 Å². The minimum atomic E-state index is -1.22. The maximum atomic E-state index is 13.1. The second-order valence-corrected chi connectivity index (χ2v) is 4.31. The van der Waals surface area contributed by atoms with Gasteiger partial charge in [-0.2, -0.15) is 0 Å². The van der Waals surface area contributed by atoms with E-state index in [2.05, 4.69) is 0 Å². The summed E-state index contributed by atoms with van der Waals surface area (Å²) in [7, 11) is 0. The molecular formula is C15H12F2O3. The van der Waals surface area contributed by atoms with Crippen LogP contribution in [-0.2, 0) is 6.61 Å². The van der Waals surface area contributed by atoms with Crippen molar-refractivity contribution >= 4 is 5.97 Å². The minimum Gasteiger partial charge on any atom is -0.489 e. The summed E-state index contributed by atoms with van der Waals surface area (Å²) in [6.07, 6.45) is 0. The molecule has 104 valence electrons. The number of hydrogen-bond donors (Lipinski definition) is 1. The number of aromatic carboxylic acids is 1. The summed E-state index contributed by atoms with van der Waals surface area (Å²) in [4.78, 5) is 11.0. The number of carbonyl (C=O) groups is 1. The van der Waals surface area contributed by atoms with E-state index in [4.69, 9.17) is 9.84 Å². The molecule has 2 aromatic carbocycles. The molecule has 0 unspecified atom stereocenters. The van der Waals surface area contributed by atoms with Crippen LogP contribution in [-0.4, -0.2) is 11.1 Å². The van der Waals surface area contributed by atoms with Crippen molar-refractivity contribution in [3.63, 3.8) is 0 Å². The molecule has 0 radical (unpaired) electrons. The van der Waals surface area contributed by atoms with Crippen molar-refractivity contribution in [2.75, 3.05) is 0 Å². The van der Waals surface area contributed by atoms with E-state index in [0.29, 0.717) is 16.9 Å². The van der Waals surface area contributed by atoms with Gasteiger partial charge < -0.3 is 9.84 Å². The predicted molar refractivity (Wildman–Crippen MR) is 68.8 cm³/mol. The van der Waals surface area contributed by atoms with Gasteiger partial charge in [-0.25, -0.2) is 13.6 Å². The highest BCUT2D eigenvalue weighted by atomic mass is 19.1. The zero-order chi connectivity index (χ0) is 14.7. The molecule has 0 fully saturated rings. The van der Waals surface area contributed by atoms with Crippen molar-refractivity contribution in [1.29, 1.82) is 0 Å². The molecule has 1 N–H and O–H groups in total. The van der Waals surface area contributed by atoms with Crippen LogP contribution in [0.5, 0.6) is 5.75 Å². The van der Waals surface area contributed by atoms with Gasteiger partial charge in [-0.3, -0.25) is 0 Å². The number of carboxylic acid groups (broad SMARTS) is 1. The number of rotatable bonds is 4. The van der Waals surface area contributed by atoms with Crippen LogP contribution in [0.25, 0.3) is 0 Å². The van der Waals surface area contributed by atoms with Crippen LogP contribution >= 0.6 is 0 Å². The summed E-state index contributed by atoms with van der Waals surface area (Å²) < 4.78 is 31.5. The maximum absolute atomic E-state index is 13.1. The van der Waals surface area contributed by atoms with Crippen LogP contribution in [0.3, 0.4) is 0 Å². The van der Waals surface area contributed by atoms with Gasteiger partial charge in [0.1, 0.15) is 24.0 Å². The molecule has 20 heavy (non-hydrogen) atoms. The molecule has 3 nitrogen and oxygen atoms in total. The summed E-state index contributed by atoms with van der Waals surface area (Å²) in [5.41, 5.74) is 0.629. The van der Waals surface area contributed by atoms with E-state index in [1.165, 1.54) is 30.3 Å². The first kappa shape index (κ1) is 14.0. The lowest BCUT2D eigenvalue weighted by Gasteiger charge is -2.09. The number of ether oxygens (including phenoxy) is 1. The third-order valence-electron chi connectivity index (χ3n) is 2.83. The van der Waals surface area contributed by atoms with Gasteiger partial charge >= 0.3 is 5.97 Å². The van der Waals surface area contributed by atoms with Crippen molar-refractivity contribution in [3.05, 3.63) is 64.7 Å². The Morgan fingerprint density at radius 1 is 1.20 bits per heavy atom. The quantitative estimate of drug-likeness (QED) is 0.930. The Bertz CT molecular complexity index is 654. The molecule has 0 heterocycles. The Balaban J connectivity index is 2.18. The molecule has 0 amide bonds. The standard InChI is InChI=1S/C15H12F2O3/c1-9-6-12(4-5-14(9)17)20-8-10-2-3-11(16)7-13(10)15(18)19/h2-7H,8H2,1H3,(H,18,19). The lowest BCUT2D eigenvalue weighted by molar-refractivity contribution is 0.0693. The average Bonchev–Trinajstić information content (AvgIpc) is 2.41. The van der Waals surface area contributed by atoms with Crippen molar-refractivity contribution in [1.82, 2.24) is 0 Å². The molecule has 0 aliphatic carbocycles. The highest BCUT2D eigenvalue weighted by Gasteiger charge is 2.12. The smallest absolute Gasteiger partial charge is 0.336 e. The predicted octanol–water partition coefficient (Wildman–Crippen LogP) is 3.55. The fraction of sp³-hybridized carbons (Fsp3) is 0.133. The normalized spacial score (nSPS) is 10.3. The molecule has 2 aromatic rings. The van der Waals surface area contributed by atoms with Crippen LogP contribution in [0.2, 0.25) is 0 Å². The van der Waals surface area contributed by atoms with Crippen LogP contribution < -0.4 is 4.74 Å². The van der Waals surface area contributed by atoms with Gasteiger partial charge in [-0.05, 0) is 42.8 Å². The van der Waals surface area contributed by atoms with Gasteiger partial charge in [0.2, 0.25) is 0 Å². The topological polar surface area (TPSA) is 46.5 Å².